The number of carbonyl (C=O) groups excluding carboxylic acids is 1. The van der Waals surface area contributed by atoms with E-state index in [-0.39, 0.29) is 12.2 Å². The highest BCUT2D eigenvalue weighted by Crippen LogP contribution is 2.31. The number of amides is 1. The van der Waals surface area contributed by atoms with Crippen molar-refractivity contribution in [1.82, 2.24) is 5.32 Å². The van der Waals surface area contributed by atoms with Gasteiger partial charge in [-0.05, 0) is 18.6 Å². The molecule has 0 unspecified atom stereocenters. The molecule has 0 saturated carbocycles. The van der Waals surface area contributed by atoms with Gasteiger partial charge in [0, 0.05) is 23.6 Å². The maximum atomic E-state index is 11.6. The van der Waals surface area contributed by atoms with E-state index >= 15 is 0 Å². The van der Waals surface area contributed by atoms with Crippen LogP contribution in [0.5, 0.6) is 5.75 Å². The molecule has 0 spiro atoms. The minimum atomic E-state index is -0.661. The number of nitro benzene ring substituents is 1. The summed E-state index contributed by atoms with van der Waals surface area (Å²) in [7, 11) is 0. The maximum Gasteiger partial charge on any atom is 0.412 e. The van der Waals surface area contributed by atoms with Crippen LogP contribution < -0.4 is 15.8 Å². The Labute approximate surface area is 124 Å². The first-order chi connectivity index (χ1) is 9.95. The van der Waals surface area contributed by atoms with Crippen LogP contribution in [0.4, 0.5) is 15.5 Å². The lowest BCUT2D eigenvalue weighted by atomic mass is 10.2. The van der Waals surface area contributed by atoms with E-state index in [1.165, 1.54) is 23.5 Å². The number of nitrogen functional groups attached to an aromatic ring is 1. The van der Waals surface area contributed by atoms with Gasteiger partial charge in [0.25, 0.3) is 5.69 Å². The number of nitro groups is 1. The van der Waals surface area contributed by atoms with Crippen LogP contribution in [0.3, 0.4) is 0 Å². The second-order valence-electron chi connectivity index (χ2n) is 4.26. The van der Waals surface area contributed by atoms with Gasteiger partial charge >= 0.3 is 6.09 Å². The van der Waals surface area contributed by atoms with Crippen LogP contribution in [-0.2, 0) is 6.54 Å². The van der Waals surface area contributed by atoms with E-state index in [1.54, 1.807) is 18.2 Å². The zero-order chi connectivity index (χ0) is 15.4. The molecule has 110 valence electrons. The van der Waals surface area contributed by atoms with Crippen molar-refractivity contribution in [3.8, 4) is 5.75 Å². The van der Waals surface area contributed by atoms with Crippen LogP contribution in [0.1, 0.15) is 10.4 Å². The van der Waals surface area contributed by atoms with Crippen molar-refractivity contribution in [1.29, 1.82) is 0 Å². The minimum absolute atomic E-state index is 0.0274. The van der Waals surface area contributed by atoms with Crippen molar-refractivity contribution in [2.75, 3.05) is 5.73 Å². The van der Waals surface area contributed by atoms with Gasteiger partial charge in [-0.25, -0.2) is 4.79 Å². The molecule has 8 heteroatoms. The fourth-order valence-corrected chi connectivity index (χ4v) is 2.39. The number of rotatable bonds is 4. The van der Waals surface area contributed by atoms with Gasteiger partial charge in [-0.2, -0.15) is 0 Å². The number of anilines is 1. The second-order valence-corrected chi connectivity index (χ2v) is 5.54. The molecule has 1 amide bonds. The van der Waals surface area contributed by atoms with E-state index < -0.39 is 11.0 Å². The number of hydrogen-bond acceptors (Lipinski definition) is 6. The molecule has 21 heavy (non-hydrogen) atoms. The number of non-ortho nitro benzene ring substituents is 1. The summed E-state index contributed by atoms with van der Waals surface area (Å²) < 4.78 is 5.07. The molecule has 1 aromatic heterocycles. The zero-order valence-corrected chi connectivity index (χ0v) is 12.0. The fraction of sp³-hybridized carbons (Fsp3) is 0.154. The predicted molar refractivity (Wildman–Crippen MR) is 79.4 cm³/mol. The molecule has 3 N–H and O–H groups in total. The number of ether oxygens (including phenoxy) is 1. The Hall–Kier alpha value is -2.61. The quantitative estimate of drug-likeness (QED) is 0.667. The Kier molecular flexibility index (Phi) is 4.39. The number of thiophene rings is 1. The molecule has 0 saturated heterocycles. The molecule has 1 aromatic carbocycles. The van der Waals surface area contributed by atoms with Gasteiger partial charge in [-0.3, -0.25) is 10.1 Å². The summed E-state index contributed by atoms with van der Waals surface area (Å²) in [6, 6.07) is 7.68. The third kappa shape index (κ3) is 3.93. The smallest absolute Gasteiger partial charge is 0.407 e. The number of nitrogens with two attached hydrogens (primary N) is 1. The van der Waals surface area contributed by atoms with Crippen molar-refractivity contribution in [2.45, 2.75) is 13.5 Å². The highest BCUT2D eigenvalue weighted by Gasteiger charge is 2.11. The normalized spacial score (nSPS) is 10.1. The van der Waals surface area contributed by atoms with E-state index in [0.717, 1.165) is 4.88 Å². The number of aryl methyl sites for hydroxylation is 1. The molecular formula is C13H13N3O4S. The van der Waals surface area contributed by atoms with Gasteiger partial charge in [0.05, 0.1) is 4.92 Å². The predicted octanol–water partition coefficient (Wildman–Crippen LogP) is 2.84. The second kappa shape index (κ2) is 6.23. The molecule has 7 nitrogen and oxygen atoms in total. The van der Waals surface area contributed by atoms with E-state index in [4.69, 9.17) is 10.5 Å². The molecule has 0 fully saturated rings. The van der Waals surface area contributed by atoms with Gasteiger partial charge in [-0.15, -0.1) is 11.3 Å². The Balaban J connectivity index is 1.93. The number of hydrogen-bond donors (Lipinski definition) is 2. The highest BCUT2D eigenvalue weighted by atomic mass is 32.1. The Morgan fingerprint density at radius 1 is 1.48 bits per heavy atom. The van der Waals surface area contributed by atoms with E-state index in [9.17, 15) is 14.9 Å². The van der Waals surface area contributed by atoms with Gasteiger partial charge in [0.15, 0.2) is 5.75 Å². The van der Waals surface area contributed by atoms with Gasteiger partial charge < -0.3 is 15.8 Å². The molecule has 0 radical (unpaired) electrons. The molecule has 0 atom stereocenters. The molecule has 0 aliphatic rings. The molecule has 1 heterocycles. The summed E-state index contributed by atoms with van der Waals surface area (Å²) in [5, 5.41) is 13.6. The van der Waals surface area contributed by atoms with Crippen molar-refractivity contribution >= 4 is 28.1 Å². The average molecular weight is 307 g/mol. The van der Waals surface area contributed by atoms with Crippen molar-refractivity contribution < 1.29 is 14.5 Å². The summed E-state index contributed by atoms with van der Waals surface area (Å²) in [6.45, 7) is 1.98. The van der Waals surface area contributed by atoms with Gasteiger partial charge in [0.1, 0.15) is 5.00 Å². The summed E-state index contributed by atoms with van der Waals surface area (Å²) in [5.74, 6) is 0.314. The lowest BCUT2D eigenvalue weighted by Crippen LogP contribution is -2.26. The van der Waals surface area contributed by atoms with Gasteiger partial charge in [-0.1, -0.05) is 12.1 Å². The third-order valence-electron chi connectivity index (χ3n) is 2.61. The topological polar surface area (TPSA) is 107 Å². The molecular weight excluding hydrogens is 294 g/mol. The van der Waals surface area contributed by atoms with Crippen molar-refractivity contribution in [2.24, 2.45) is 0 Å². The van der Waals surface area contributed by atoms with Crippen LogP contribution in [0.25, 0.3) is 0 Å². The fourth-order valence-electron chi connectivity index (χ4n) is 1.68. The standard InChI is InChI=1S/C13H13N3O4S/c1-8-5-11(12(14)21-8)20-13(17)15-7-9-3-2-4-10(6-9)16(18)19/h2-6H,7,14H2,1H3,(H,15,17). The summed E-state index contributed by atoms with van der Waals surface area (Å²) >= 11 is 1.33. The number of nitrogens with zero attached hydrogens (tertiary/aromatic N) is 1. The minimum Gasteiger partial charge on any atom is -0.407 e. The highest BCUT2D eigenvalue weighted by molar-refractivity contribution is 7.16. The Bertz CT molecular complexity index is 684. The maximum absolute atomic E-state index is 11.6. The number of nitrogens with one attached hydrogen (secondary N) is 1. The summed E-state index contributed by atoms with van der Waals surface area (Å²) in [4.78, 5) is 22.8. The molecule has 0 aliphatic carbocycles. The van der Waals surface area contributed by atoms with Gasteiger partial charge in [0.2, 0.25) is 0 Å². The molecule has 2 aromatic rings. The Morgan fingerprint density at radius 3 is 2.86 bits per heavy atom. The monoisotopic (exact) mass is 307 g/mol. The van der Waals surface area contributed by atoms with Crippen molar-refractivity contribution in [3.05, 3.63) is 50.9 Å². The lowest BCUT2D eigenvalue weighted by molar-refractivity contribution is -0.384. The molecule has 2 rings (SSSR count). The first-order valence-electron chi connectivity index (χ1n) is 6.00. The van der Waals surface area contributed by atoms with E-state index in [0.29, 0.717) is 16.3 Å². The van der Waals surface area contributed by atoms with Crippen LogP contribution in [-0.4, -0.2) is 11.0 Å². The third-order valence-corrected chi connectivity index (χ3v) is 3.47. The van der Waals surface area contributed by atoms with Crippen LogP contribution in [0, 0.1) is 17.0 Å². The van der Waals surface area contributed by atoms with E-state index in [1.807, 2.05) is 6.92 Å². The number of carbonyl (C=O) groups is 1. The summed E-state index contributed by atoms with van der Waals surface area (Å²) in [5.41, 5.74) is 6.27. The Morgan fingerprint density at radius 2 is 2.24 bits per heavy atom. The molecule has 0 bridgehead atoms. The zero-order valence-electron chi connectivity index (χ0n) is 11.2. The van der Waals surface area contributed by atoms with Crippen LogP contribution in [0.15, 0.2) is 30.3 Å². The first kappa shape index (κ1) is 14.8. The first-order valence-corrected chi connectivity index (χ1v) is 6.82. The van der Waals surface area contributed by atoms with E-state index in [2.05, 4.69) is 5.32 Å². The number of benzene rings is 1. The van der Waals surface area contributed by atoms with Crippen molar-refractivity contribution in [3.63, 3.8) is 0 Å². The lowest BCUT2D eigenvalue weighted by Gasteiger charge is -2.06. The SMILES string of the molecule is Cc1cc(OC(=O)NCc2cccc([N+](=O)[O-])c2)c(N)s1. The van der Waals surface area contributed by atoms with Crippen LogP contribution in [0.2, 0.25) is 0 Å². The summed E-state index contributed by atoms with van der Waals surface area (Å²) in [6.07, 6.45) is -0.661. The van der Waals surface area contributed by atoms with Crippen LogP contribution >= 0.6 is 11.3 Å². The largest absolute Gasteiger partial charge is 0.412 e. The average Bonchev–Trinajstić information content (AvgIpc) is 2.75. The molecule has 0 aliphatic heterocycles.